The van der Waals surface area contributed by atoms with E-state index in [4.69, 9.17) is 16.0 Å². The van der Waals surface area contributed by atoms with Crippen LogP contribution in [0.25, 0.3) is 10.9 Å². The van der Waals surface area contributed by atoms with E-state index in [0.29, 0.717) is 53.4 Å². The Morgan fingerprint density at radius 3 is 2.41 bits per heavy atom. The number of alkyl halides is 3. The van der Waals surface area contributed by atoms with Crippen molar-refractivity contribution in [1.82, 2.24) is 15.3 Å². The maximum Gasteiger partial charge on any atom is 0.433 e. The predicted octanol–water partition coefficient (Wildman–Crippen LogP) is 5.66. The fourth-order valence-corrected chi connectivity index (χ4v) is 4.23. The van der Waals surface area contributed by atoms with Gasteiger partial charge in [0.25, 0.3) is 5.91 Å². The van der Waals surface area contributed by atoms with Crippen LogP contribution in [0, 0.1) is 13.8 Å². The molecule has 1 aromatic carbocycles. The number of carbonyl (C=O) groups is 1. The Morgan fingerprint density at radius 1 is 1.09 bits per heavy atom. The highest BCUT2D eigenvalue weighted by molar-refractivity contribution is 6.31. The highest BCUT2D eigenvalue weighted by Gasteiger charge is 2.34. The molecule has 1 fully saturated rings. The minimum atomic E-state index is -4.55. The molecule has 1 amide bonds. The molecule has 170 valence electrons. The number of rotatable bonds is 4. The molecule has 6 nitrogen and oxygen atoms in total. The molecule has 3 aromatic rings. The summed E-state index contributed by atoms with van der Waals surface area (Å²) in [5.74, 6) is 0.628. The van der Waals surface area contributed by atoms with E-state index in [-0.39, 0.29) is 29.2 Å². The molecular weight excluding hydrogens is 445 g/mol. The predicted molar refractivity (Wildman–Crippen MR) is 115 cm³/mol. The fourth-order valence-electron chi connectivity index (χ4n) is 4.06. The van der Waals surface area contributed by atoms with Crippen LogP contribution in [0.4, 0.5) is 18.9 Å². The third-order valence-corrected chi connectivity index (χ3v) is 5.84. The summed E-state index contributed by atoms with van der Waals surface area (Å²) in [6.07, 6.45) is -1.80. The number of aromatic nitrogens is 2. The van der Waals surface area contributed by atoms with Gasteiger partial charge in [0.1, 0.15) is 11.5 Å². The number of halogens is 4. The summed E-state index contributed by atoms with van der Waals surface area (Å²) in [5, 5.41) is 7.18. The van der Waals surface area contributed by atoms with Gasteiger partial charge < -0.3 is 15.1 Å². The topological polar surface area (TPSA) is 80.0 Å². The average Bonchev–Trinajstić information content (AvgIpc) is 3.07. The second kappa shape index (κ2) is 8.61. The monoisotopic (exact) mass is 466 g/mol. The van der Waals surface area contributed by atoms with Crippen LogP contribution in [0.2, 0.25) is 5.02 Å². The molecule has 1 aliphatic carbocycles. The zero-order chi connectivity index (χ0) is 23.0. The Hall–Kier alpha value is -2.81. The fraction of sp³-hybridized carbons (Fsp3) is 0.409. The lowest BCUT2D eigenvalue weighted by Gasteiger charge is -2.30. The molecular formula is C22H22ClF3N4O2. The minimum Gasteiger partial charge on any atom is -0.445 e. The number of carbonyl (C=O) groups excluding carboxylic acids is 1. The van der Waals surface area contributed by atoms with Gasteiger partial charge in [-0.05, 0) is 56.9 Å². The van der Waals surface area contributed by atoms with E-state index < -0.39 is 11.9 Å². The van der Waals surface area contributed by atoms with Crippen LogP contribution in [0.5, 0.6) is 0 Å². The van der Waals surface area contributed by atoms with Gasteiger partial charge in [-0.2, -0.15) is 13.2 Å². The quantitative estimate of drug-likeness (QED) is 0.518. The Bertz CT molecular complexity index is 1150. The lowest BCUT2D eigenvalue weighted by molar-refractivity contribution is -0.140. The third-order valence-electron chi connectivity index (χ3n) is 5.60. The van der Waals surface area contributed by atoms with Gasteiger partial charge in [-0.15, -0.1) is 0 Å². The van der Waals surface area contributed by atoms with Gasteiger partial charge in [0.2, 0.25) is 0 Å². The molecule has 2 aromatic heterocycles. The Labute approximate surface area is 187 Å². The van der Waals surface area contributed by atoms with Crippen molar-refractivity contribution >= 4 is 34.1 Å². The molecule has 0 aliphatic heterocycles. The maximum absolute atomic E-state index is 13.3. The summed E-state index contributed by atoms with van der Waals surface area (Å²) in [6.45, 7) is 3.37. The van der Waals surface area contributed by atoms with Crippen molar-refractivity contribution in [2.45, 2.75) is 57.8 Å². The number of fused-ring (bicyclic) bond motifs is 1. The standard InChI is InChI=1S/C22H22ClF3N4O2/c1-11-20(27-12(2)32-11)21(31)29-15-6-4-14(5-7-15)28-18-10-19(22(24,25)26)30-17-8-3-13(23)9-16(17)18/h3,8-10,14-15H,4-7H2,1-2H3,(H,28,30)(H,29,31)/t14-,15+. The van der Waals surface area contributed by atoms with Crippen LogP contribution in [0.15, 0.2) is 28.7 Å². The van der Waals surface area contributed by atoms with Crippen molar-refractivity contribution in [3.05, 3.63) is 52.3 Å². The second-order valence-corrected chi connectivity index (χ2v) is 8.45. The van der Waals surface area contributed by atoms with Crippen molar-refractivity contribution in [3.8, 4) is 0 Å². The van der Waals surface area contributed by atoms with Crippen molar-refractivity contribution in [3.63, 3.8) is 0 Å². The number of anilines is 1. The smallest absolute Gasteiger partial charge is 0.433 e. The van der Waals surface area contributed by atoms with Crippen LogP contribution in [0.3, 0.4) is 0 Å². The molecule has 2 N–H and O–H groups in total. The summed E-state index contributed by atoms with van der Waals surface area (Å²) in [6, 6.07) is 5.57. The van der Waals surface area contributed by atoms with Gasteiger partial charge in [-0.1, -0.05) is 11.6 Å². The molecule has 32 heavy (non-hydrogen) atoms. The van der Waals surface area contributed by atoms with Gasteiger partial charge in [-0.3, -0.25) is 4.79 Å². The van der Waals surface area contributed by atoms with E-state index in [1.807, 2.05) is 0 Å². The number of oxazole rings is 1. The Balaban J connectivity index is 1.45. The van der Waals surface area contributed by atoms with E-state index in [0.717, 1.165) is 6.07 Å². The summed E-state index contributed by atoms with van der Waals surface area (Å²) in [5.41, 5.74) is -0.0893. The number of nitrogens with one attached hydrogen (secondary N) is 2. The number of amides is 1. The Morgan fingerprint density at radius 2 is 1.78 bits per heavy atom. The number of hydrogen-bond donors (Lipinski definition) is 2. The molecule has 0 atom stereocenters. The van der Waals surface area contributed by atoms with Crippen LogP contribution in [-0.2, 0) is 6.18 Å². The van der Waals surface area contributed by atoms with Crippen molar-refractivity contribution < 1.29 is 22.4 Å². The summed E-state index contributed by atoms with van der Waals surface area (Å²) < 4.78 is 45.3. The first kappa shape index (κ1) is 22.4. The maximum atomic E-state index is 13.3. The number of hydrogen-bond acceptors (Lipinski definition) is 5. The molecule has 4 rings (SSSR count). The Kier molecular flexibility index (Phi) is 6.03. The van der Waals surface area contributed by atoms with E-state index in [9.17, 15) is 18.0 Å². The number of nitrogens with zero attached hydrogens (tertiary/aromatic N) is 2. The van der Waals surface area contributed by atoms with Gasteiger partial charge in [0.05, 0.1) is 5.52 Å². The van der Waals surface area contributed by atoms with E-state index in [1.165, 1.54) is 12.1 Å². The normalized spacial score (nSPS) is 19.2. The highest BCUT2D eigenvalue weighted by atomic mass is 35.5. The molecule has 1 saturated carbocycles. The lowest BCUT2D eigenvalue weighted by Crippen LogP contribution is -2.40. The SMILES string of the molecule is Cc1nc(C(=O)N[C@H]2CC[C@@H](Nc3cc(C(F)(F)F)nc4ccc(Cl)cc34)CC2)c(C)o1. The highest BCUT2D eigenvalue weighted by Crippen LogP contribution is 2.35. The van der Waals surface area contributed by atoms with E-state index in [1.54, 1.807) is 19.9 Å². The second-order valence-electron chi connectivity index (χ2n) is 8.02. The average molecular weight is 467 g/mol. The number of pyridine rings is 1. The molecule has 0 radical (unpaired) electrons. The molecule has 0 spiro atoms. The van der Waals surface area contributed by atoms with Gasteiger partial charge in [0, 0.05) is 35.1 Å². The van der Waals surface area contributed by atoms with Crippen LogP contribution in [-0.4, -0.2) is 28.0 Å². The third kappa shape index (κ3) is 4.82. The summed E-state index contributed by atoms with van der Waals surface area (Å²) >= 11 is 6.06. The molecule has 0 saturated heterocycles. The van der Waals surface area contributed by atoms with Crippen molar-refractivity contribution in [1.29, 1.82) is 0 Å². The van der Waals surface area contributed by atoms with Gasteiger partial charge in [-0.25, -0.2) is 9.97 Å². The number of benzene rings is 1. The van der Waals surface area contributed by atoms with Crippen LogP contribution < -0.4 is 10.6 Å². The van der Waals surface area contributed by atoms with E-state index >= 15 is 0 Å². The van der Waals surface area contributed by atoms with E-state index in [2.05, 4.69) is 20.6 Å². The lowest BCUT2D eigenvalue weighted by atomic mass is 9.90. The molecule has 0 bridgehead atoms. The zero-order valence-corrected chi connectivity index (χ0v) is 18.3. The van der Waals surface area contributed by atoms with Crippen molar-refractivity contribution in [2.24, 2.45) is 0 Å². The molecule has 2 heterocycles. The largest absolute Gasteiger partial charge is 0.445 e. The molecule has 1 aliphatic rings. The molecule has 0 unspecified atom stereocenters. The first-order chi connectivity index (χ1) is 15.1. The van der Waals surface area contributed by atoms with Crippen LogP contribution >= 0.6 is 11.6 Å². The summed E-state index contributed by atoms with van der Waals surface area (Å²) in [4.78, 5) is 20.3. The zero-order valence-electron chi connectivity index (χ0n) is 17.5. The molecule has 10 heteroatoms. The van der Waals surface area contributed by atoms with Crippen LogP contribution in [0.1, 0.15) is 53.5 Å². The van der Waals surface area contributed by atoms with Gasteiger partial charge >= 0.3 is 6.18 Å². The first-order valence-corrected chi connectivity index (χ1v) is 10.7. The minimum absolute atomic E-state index is 0.0358. The van der Waals surface area contributed by atoms with Gasteiger partial charge in [0.15, 0.2) is 11.6 Å². The van der Waals surface area contributed by atoms with Crippen molar-refractivity contribution in [2.75, 3.05) is 5.32 Å². The summed E-state index contributed by atoms with van der Waals surface area (Å²) in [7, 11) is 0. The first-order valence-electron chi connectivity index (χ1n) is 10.3. The number of aryl methyl sites for hydroxylation is 2.